The molecule has 1 fully saturated rings. The number of carbonyl (C=O) groups is 1. The van der Waals surface area contributed by atoms with Gasteiger partial charge in [-0.15, -0.1) is 0 Å². The molecule has 1 amide bonds. The van der Waals surface area contributed by atoms with Crippen molar-refractivity contribution in [3.8, 4) is 0 Å². The highest BCUT2D eigenvalue weighted by molar-refractivity contribution is 7.89. The van der Waals surface area contributed by atoms with Gasteiger partial charge < -0.3 is 10.2 Å². The summed E-state index contributed by atoms with van der Waals surface area (Å²) in [5.41, 5.74) is 2.58. The number of hydrogen-bond acceptors (Lipinski definition) is 5. The van der Waals surface area contributed by atoms with Crippen molar-refractivity contribution in [2.24, 2.45) is 0 Å². The molecule has 0 atom stereocenters. The lowest BCUT2D eigenvalue weighted by molar-refractivity contribution is 0.102. The first-order chi connectivity index (χ1) is 15.5. The molecule has 168 valence electrons. The maximum atomic E-state index is 13.3. The molecular weight excluding hydrogens is 424 g/mol. The van der Waals surface area contributed by atoms with Crippen LogP contribution in [-0.4, -0.2) is 49.8 Å². The summed E-state index contributed by atoms with van der Waals surface area (Å²) in [5, 5.41) is 3.74. The first-order valence-corrected chi connectivity index (χ1v) is 12.4. The fourth-order valence-electron chi connectivity index (χ4n) is 4.21. The second kappa shape index (κ2) is 9.26. The van der Waals surface area contributed by atoms with Gasteiger partial charge >= 0.3 is 0 Å². The van der Waals surface area contributed by atoms with Gasteiger partial charge in [-0.3, -0.25) is 9.78 Å². The van der Waals surface area contributed by atoms with Gasteiger partial charge in [-0.1, -0.05) is 26.0 Å². The Kier molecular flexibility index (Phi) is 6.43. The summed E-state index contributed by atoms with van der Waals surface area (Å²) in [5.74, 6) is -0.290. The number of anilines is 2. The van der Waals surface area contributed by atoms with Crippen LogP contribution in [0.15, 0.2) is 59.6 Å². The molecule has 0 bridgehead atoms. The molecule has 4 rings (SSSR count). The van der Waals surface area contributed by atoms with Crippen LogP contribution in [0.5, 0.6) is 0 Å². The predicted octanol–water partition coefficient (Wildman–Crippen LogP) is 4.12. The van der Waals surface area contributed by atoms with E-state index in [0.717, 1.165) is 42.5 Å². The molecule has 1 aliphatic rings. The molecule has 1 saturated heterocycles. The summed E-state index contributed by atoms with van der Waals surface area (Å²) in [4.78, 5) is 20.0. The number of aromatic nitrogens is 1. The molecule has 2 aromatic carbocycles. The number of nitrogens with one attached hydrogen (secondary N) is 1. The Bertz CT molecular complexity index is 1230. The molecule has 7 nitrogen and oxygen atoms in total. The van der Waals surface area contributed by atoms with Gasteiger partial charge in [-0.05, 0) is 49.2 Å². The zero-order chi connectivity index (χ0) is 22.7. The van der Waals surface area contributed by atoms with Gasteiger partial charge in [0.1, 0.15) is 0 Å². The summed E-state index contributed by atoms with van der Waals surface area (Å²) < 4.78 is 27.6. The molecule has 0 radical (unpaired) electrons. The second-order valence-corrected chi connectivity index (χ2v) is 9.73. The van der Waals surface area contributed by atoms with E-state index < -0.39 is 10.0 Å². The highest BCUT2D eigenvalue weighted by Gasteiger charge is 2.25. The van der Waals surface area contributed by atoms with Crippen LogP contribution in [-0.2, 0) is 10.0 Å². The number of fused-ring (bicyclic) bond motifs is 1. The monoisotopic (exact) mass is 452 g/mol. The summed E-state index contributed by atoms with van der Waals surface area (Å²) in [7, 11) is -3.65. The van der Waals surface area contributed by atoms with Crippen molar-refractivity contribution in [1.82, 2.24) is 9.29 Å². The Morgan fingerprint density at radius 3 is 2.53 bits per heavy atom. The van der Waals surface area contributed by atoms with E-state index >= 15 is 0 Å². The van der Waals surface area contributed by atoms with E-state index in [1.165, 1.54) is 4.31 Å². The number of amides is 1. The van der Waals surface area contributed by atoms with Crippen LogP contribution in [0, 0.1) is 0 Å². The highest BCUT2D eigenvalue weighted by Crippen LogP contribution is 2.33. The number of hydrogen-bond donors (Lipinski definition) is 1. The zero-order valence-electron chi connectivity index (χ0n) is 18.4. The van der Waals surface area contributed by atoms with Gasteiger partial charge in [0, 0.05) is 43.3 Å². The van der Waals surface area contributed by atoms with Gasteiger partial charge in [0.25, 0.3) is 5.91 Å². The minimum Gasteiger partial charge on any atom is -0.370 e. The minimum atomic E-state index is -3.65. The topological polar surface area (TPSA) is 82.6 Å². The Balaban J connectivity index is 1.76. The Morgan fingerprint density at radius 1 is 1.06 bits per heavy atom. The van der Waals surface area contributed by atoms with Gasteiger partial charge in [0.2, 0.25) is 10.0 Å². The molecule has 2 heterocycles. The number of nitrogens with zero attached hydrogens (tertiary/aromatic N) is 3. The number of carbonyl (C=O) groups excluding carboxylic acids is 1. The molecule has 3 aromatic rings. The van der Waals surface area contributed by atoms with E-state index in [-0.39, 0.29) is 10.8 Å². The average Bonchev–Trinajstić information content (AvgIpc) is 3.34. The Morgan fingerprint density at radius 2 is 1.81 bits per heavy atom. The van der Waals surface area contributed by atoms with Crippen LogP contribution >= 0.6 is 0 Å². The quantitative estimate of drug-likeness (QED) is 0.583. The van der Waals surface area contributed by atoms with Gasteiger partial charge in [0.15, 0.2) is 0 Å². The molecule has 8 heteroatoms. The SMILES string of the molecule is CCN(CC)S(=O)(=O)c1ccc(N2CCCC2)c(NC(=O)c2cccc3ncccc23)c1. The lowest BCUT2D eigenvalue weighted by atomic mass is 10.1. The van der Waals surface area contributed by atoms with Gasteiger partial charge in [-0.2, -0.15) is 4.31 Å². The van der Waals surface area contributed by atoms with E-state index in [2.05, 4.69) is 15.2 Å². The van der Waals surface area contributed by atoms with Crippen LogP contribution < -0.4 is 10.2 Å². The third-order valence-corrected chi connectivity index (χ3v) is 7.94. The van der Waals surface area contributed by atoms with Crippen LogP contribution in [0.2, 0.25) is 0 Å². The van der Waals surface area contributed by atoms with Crippen molar-refractivity contribution in [3.63, 3.8) is 0 Å². The molecule has 0 saturated carbocycles. The largest absolute Gasteiger partial charge is 0.370 e. The Labute approximate surface area is 189 Å². The summed E-state index contributed by atoms with van der Waals surface area (Å²) in [6.45, 7) is 6.16. The standard InChI is InChI=1S/C24H28N4O3S/c1-3-28(4-2)32(30,31)18-12-13-23(27-15-5-6-16-27)22(17-18)26-24(29)20-9-7-11-21-19(20)10-8-14-25-21/h7-14,17H,3-6,15-16H2,1-2H3,(H,26,29). The van der Waals surface area contributed by atoms with E-state index in [4.69, 9.17) is 0 Å². The molecule has 1 aliphatic heterocycles. The van der Waals surface area contributed by atoms with E-state index in [1.54, 1.807) is 36.5 Å². The fourth-order valence-corrected chi connectivity index (χ4v) is 5.70. The fraction of sp³-hybridized carbons (Fsp3) is 0.333. The van der Waals surface area contributed by atoms with Crippen molar-refractivity contribution in [2.75, 3.05) is 36.4 Å². The van der Waals surface area contributed by atoms with E-state index in [0.29, 0.717) is 24.3 Å². The molecule has 0 aliphatic carbocycles. The number of rotatable bonds is 7. The lowest BCUT2D eigenvalue weighted by Crippen LogP contribution is -2.31. The third kappa shape index (κ3) is 4.20. The first kappa shape index (κ1) is 22.2. The maximum absolute atomic E-state index is 13.3. The van der Waals surface area contributed by atoms with Crippen LogP contribution in [0.1, 0.15) is 37.0 Å². The van der Waals surface area contributed by atoms with Crippen molar-refractivity contribution < 1.29 is 13.2 Å². The number of pyridine rings is 1. The van der Waals surface area contributed by atoms with Crippen molar-refractivity contribution in [3.05, 3.63) is 60.3 Å². The predicted molar refractivity (Wildman–Crippen MR) is 128 cm³/mol. The second-order valence-electron chi connectivity index (χ2n) is 7.79. The normalized spacial score (nSPS) is 14.3. The smallest absolute Gasteiger partial charge is 0.256 e. The molecule has 1 aromatic heterocycles. The van der Waals surface area contributed by atoms with Crippen molar-refractivity contribution in [2.45, 2.75) is 31.6 Å². The van der Waals surface area contributed by atoms with Crippen molar-refractivity contribution in [1.29, 1.82) is 0 Å². The van der Waals surface area contributed by atoms with Crippen LogP contribution in [0.4, 0.5) is 11.4 Å². The number of benzene rings is 2. The van der Waals surface area contributed by atoms with Crippen molar-refractivity contribution >= 4 is 38.2 Å². The molecular formula is C24H28N4O3S. The molecule has 32 heavy (non-hydrogen) atoms. The summed E-state index contributed by atoms with van der Waals surface area (Å²) in [6, 6.07) is 14.1. The lowest BCUT2D eigenvalue weighted by Gasteiger charge is -2.24. The van der Waals surface area contributed by atoms with Crippen LogP contribution in [0.25, 0.3) is 10.9 Å². The van der Waals surface area contributed by atoms with Gasteiger partial charge in [-0.25, -0.2) is 8.42 Å². The average molecular weight is 453 g/mol. The molecule has 1 N–H and O–H groups in total. The highest BCUT2D eigenvalue weighted by atomic mass is 32.2. The van der Waals surface area contributed by atoms with E-state index in [9.17, 15) is 13.2 Å². The zero-order valence-corrected chi connectivity index (χ0v) is 19.2. The molecule has 0 unspecified atom stereocenters. The first-order valence-electron chi connectivity index (χ1n) is 11.0. The van der Waals surface area contributed by atoms with Gasteiger partial charge in [0.05, 0.1) is 21.8 Å². The Hall–Kier alpha value is -2.97. The van der Waals surface area contributed by atoms with Crippen LogP contribution in [0.3, 0.4) is 0 Å². The summed E-state index contributed by atoms with van der Waals surface area (Å²) >= 11 is 0. The van der Waals surface area contributed by atoms with E-state index in [1.807, 2.05) is 32.0 Å². The summed E-state index contributed by atoms with van der Waals surface area (Å²) in [6.07, 6.45) is 3.83. The molecule has 0 spiro atoms. The third-order valence-electron chi connectivity index (χ3n) is 5.90. The minimum absolute atomic E-state index is 0.180. The maximum Gasteiger partial charge on any atom is 0.256 e. The number of sulfonamides is 1.